The van der Waals surface area contributed by atoms with Gasteiger partial charge in [-0.3, -0.25) is 0 Å². The lowest BCUT2D eigenvalue weighted by molar-refractivity contribution is 0.639. The fourth-order valence-corrected chi connectivity index (χ4v) is 2.90. The predicted molar refractivity (Wildman–Crippen MR) is 63.0 cm³/mol. The van der Waals surface area contributed by atoms with E-state index in [0.717, 1.165) is 6.54 Å². The van der Waals surface area contributed by atoms with Crippen LogP contribution in [0.4, 0.5) is 11.4 Å². The fourth-order valence-electron chi connectivity index (χ4n) is 2.27. The lowest BCUT2D eigenvalue weighted by Gasteiger charge is -2.38. The normalized spacial score (nSPS) is 21.7. The van der Waals surface area contributed by atoms with Crippen LogP contribution in [0.15, 0.2) is 22.7 Å². The molecular weight excluding hydrogens is 240 g/mol. The Morgan fingerprint density at radius 3 is 2.93 bits per heavy atom. The zero-order valence-electron chi connectivity index (χ0n) is 8.18. The van der Waals surface area contributed by atoms with Crippen LogP contribution in [-0.2, 0) is 0 Å². The average Bonchev–Trinajstić information content (AvgIpc) is 2.93. The van der Waals surface area contributed by atoms with Crippen molar-refractivity contribution < 1.29 is 0 Å². The number of likely N-dealkylation sites (N-methyl/N-ethyl adjacent to an activating group) is 1. The number of para-hydroxylation sites is 1. The van der Waals surface area contributed by atoms with Crippen molar-refractivity contribution >= 4 is 27.3 Å². The fraction of sp³-hybridized carbons (Fsp3) is 0.455. The van der Waals surface area contributed by atoms with Crippen molar-refractivity contribution in [2.45, 2.75) is 18.4 Å². The Morgan fingerprint density at radius 2 is 2.21 bits per heavy atom. The number of rotatable bonds is 0. The molecule has 2 nitrogen and oxygen atoms in total. The molecule has 1 aromatic rings. The topological polar surface area (TPSA) is 15.3 Å². The largest absolute Gasteiger partial charge is 0.381 e. The van der Waals surface area contributed by atoms with Crippen LogP contribution in [0.5, 0.6) is 0 Å². The summed E-state index contributed by atoms with van der Waals surface area (Å²) in [5, 5.41) is 3.51. The summed E-state index contributed by atoms with van der Waals surface area (Å²) in [7, 11) is 2.21. The molecular formula is C11H13BrN2. The van der Waals surface area contributed by atoms with Crippen molar-refractivity contribution in [2.24, 2.45) is 0 Å². The molecule has 0 radical (unpaired) electrons. The highest BCUT2D eigenvalue weighted by Crippen LogP contribution is 2.50. The third-order valence-corrected chi connectivity index (χ3v) is 4.11. The number of nitrogens with zero attached hydrogens (tertiary/aromatic N) is 1. The lowest BCUT2D eigenvalue weighted by Crippen LogP contribution is -2.43. The molecule has 1 heterocycles. The SMILES string of the molecule is CN1c2c(Br)cccc2NCC12CC2. The maximum atomic E-state index is 3.62. The van der Waals surface area contributed by atoms with Crippen molar-refractivity contribution in [1.82, 2.24) is 0 Å². The summed E-state index contributed by atoms with van der Waals surface area (Å²) in [5.41, 5.74) is 2.98. The number of fused-ring (bicyclic) bond motifs is 1. The first kappa shape index (κ1) is 8.60. The zero-order valence-corrected chi connectivity index (χ0v) is 9.76. The van der Waals surface area contributed by atoms with E-state index in [0.29, 0.717) is 5.54 Å². The Hall–Kier alpha value is -0.700. The van der Waals surface area contributed by atoms with Crippen LogP contribution < -0.4 is 10.2 Å². The second kappa shape index (κ2) is 2.66. The molecule has 0 aromatic heterocycles. The van der Waals surface area contributed by atoms with Crippen LogP contribution in [0.1, 0.15) is 12.8 Å². The lowest BCUT2D eigenvalue weighted by atomic mass is 10.1. The van der Waals surface area contributed by atoms with Gasteiger partial charge in [0.15, 0.2) is 0 Å². The molecule has 0 unspecified atom stereocenters. The summed E-state index contributed by atoms with van der Waals surface area (Å²) in [6.07, 6.45) is 2.63. The molecule has 1 N–H and O–H groups in total. The Balaban J connectivity index is 2.13. The monoisotopic (exact) mass is 252 g/mol. The highest BCUT2D eigenvalue weighted by molar-refractivity contribution is 9.10. The highest BCUT2D eigenvalue weighted by Gasteiger charge is 2.49. The van der Waals surface area contributed by atoms with Gasteiger partial charge >= 0.3 is 0 Å². The van der Waals surface area contributed by atoms with Gasteiger partial charge in [-0.05, 0) is 40.9 Å². The maximum absolute atomic E-state index is 3.62. The summed E-state index contributed by atoms with van der Waals surface area (Å²) in [5.74, 6) is 0. The first-order valence-corrected chi connectivity index (χ1v) is 5.78. The summed E-state index contributed by atoms with van der Waals surface area (Å²) in [6.45, 7) is 1.09. The third kappa shape index (κ3) is 1.02. The average molecular weight is 253 g/mol. The van der Waals surface area contributed by atoms with Crippen molar-refractivity contribution in [2.75, 3.05) is 23.8 Å². The number of benzene rings is 1. The van der Waals surface area contributed by atoms with E-state index in [9.17, 15) is 0 Å². The van der Waals surface area contributed by atoms with Crippen LogP contribution >= 0.6 is 15.9 Å². The van der Waals surface area contributed by atoms with E-state index in [1.807, 2.05) is 0 Å². The molecule has 0 saturated heterocycles. The van der Waals surface area contributed by atoms with Gasteiger partial charge in [0.25, 0.3) is 0 Å². The zero-order chi connectivity index (χ0) is 9.76. The van der Waals surface area contributed by atoms with Gasteiger partial charge in [-0.2, -0.15) is 0 Å². The van der Waals surface area contributed by atoms with Crippen LogP contribution in [0, 0.1) is 0 Å². The number of nitrogens with one attached hydrogen (secondary N) is 1. The first-order valence-electron chi connectivity index (χ1n) is 4.99. The Bertz CT molecular complexity index is 385. The first-order chi connectivity index (χ1) is 6.73. The van der Waals surface area contributed by atoms with Gasteiger partial charge in [0.05, 0.1) is 16.9 Å². The van der Waals surface area contributed by atoms with Gasteiger partial charge in [-0.15, -0.1) is 0 Å². The van der Waals surface area contributed by atoms with E-state index in [-0.39, 0.29) is 0 Å². The molecule has 2 aliphatic rings. The van der Waals surface area contributed by atoms with Gasteiger partial charge in [-0.1, -0.05) is 6.07 Å². The minimum absolute atomic E-state index is 0.414. The number of halogens is 1. The van der Waals surface area contributed by atoms with Crippen LogP contribution in [-0.4, -0.2) is 19.1 Å². The smallest absolute Gasteiger partial charge is 0.0748 e. The number of hydrogen-bond acceptors (Lipinski definition) is 2. The molecule has 0 atom stereocenters. The van der Waals surface area contributed by atoms with E-state index < -0.39 is 0 Å². The van der Waals surface area contributed by atoms with E-state index in [2.05, 4.69) is 51.4 Å². The number of hydrogen-bond donors (Lipinski definition) is 1. The molecule has 1 aliphatic carbocycles. The molecule has 1 spiro atoms. The van der Waals surface area contributed by atoms with E-state index in [1.54, 1.807) is 0 Å². The van der Waals surface area contributed by atoms with Crippen LogP contribution in [0.2, 0.25) is 0 Å². The van der Waals surface area contributed by atoms with E-state index in [1.165, 1.54) is 28.7 Å². The minimum Gasteiger partial charge on any atom is -0.381 e. The Labute approximate surface area is 92.4 Å². The maximum Gasteiger partial charge on any atom is 0.0748 e. The van der Waals surface area contributed by atoms with Gasteiger partial charge in [0.1, 0.15) is 0 Å². The number of anilines is 2. The molecule has 1 aromatic carbocycles. The molecule has 3 heteroatoms. The quantitative estimate of drug-likeness (QED) is 0.764. The van der Waals surface area contributed by atoms with Gasteiger partial charge in [-0.25, -0.2) is 0 Å². The van der Waals surface area contributed by atoms with Crippen molar-refractivity contribution in [1.29, 1.82) is 0 Å². The molecule has 74 valence electrons. The van der Waals surface area contributed by atoms with Crippen molar-refractivity contribution in [3.05, 3.63) is 22.7 Å². The van der Waals surface area contributed by atoms with Gasteiger partial charge in [0, 0.05) is 18.1 Å². The molecule has 14 heavy (non-hydrogen) atoms. The molecule has 0 amide bonds. The second-order valence-electron chi connectivity index (χ2n) is 4.27. The highest BCUT2D eigenvalue weighted by atomic mass is 79.9. The van der Waals surface area contributed by atoms with Crippen LogP contribution in [0.3, 0.4) is 0 Å². The molecule has 0 bridgehead atoms. The summed E-state index contributed by atoms with van der Waals surface area (Å²) < 4.78 is 1.19. The van der Waals surface area contributed by atoms with Crippen molar-refractivity contribution in [3.8, 4) is 0 Å². The van der Waals surface area contributed by atoms with Gasteiger partial charge in [0.2, 0.25) is 0 Å². The second-order valence-corrected chi connectivity index (χ2v) is 5.13. The summed E-state index contributed by atoms with van der Waals surface area (Å²) in [4.78, 5) is 2.43. The van der Waals surface area contributed by atoms with E-state index in [4.69, 9.17) is 0 Å². The van der Waals surface area contributed by atoms with E-state index >= 15 is 0 Å². The Morgan fingerprint density at radius 1 is 1.43 bits per heavy atom. The third-order valence-electron chi connectivity index (χ3n) is 3.47. The standard InChI is InChI=1S/C11H13BrN2/c1-14-10-8(12)3-2-4-9(10)13-7-11(14)5-6-11/h2-4,13H,5-7H2,1H3. The predicted octanol–water partition coefficient (Wildman–Crippen LogP) is 2.84. The molecule has 1 aliphatic heterocycles. The van der Waals surface area contributed by atoms with Crippen LogP contribution in [0.25, 0.3) is 0 Å². The Kier molecular flexibility index (Phi) is 1.63. The minimum atomic E-state index is 0.414. The molecule has 1 fully saturated rings. The van der Waals surface area contributed by atoms with Crippen molar-refractivity contribution in [3.63, 3.8) is 0 Å². The summed E-state index contributed by atoms with van der Waals surface area (Å²) >= 11 is 3.62. The molecule has 3 rings (SSSR count). The van der Waals surface area contributed by atoms with Gasteiger partial charge < -0.3 is 10.2 Å². The summed E-state index contributed by atoms with van der Waals surface area (Å²) in [6, 6.07) is 6.33. The molecule has 1 saturated carbocycles.